The molecule has 2 atom stereocenters. The zero-order chi connectivity index (χ0) is 15.2. The molecule has 3 heteroatoms. The first-order valence-corrected chi connectivity index (χ1v) is 9.27. The Balaban J connectivity index is 2.00. The minimum Gasteiger partial charge on any atom is -0.311 e. The fourth-order valence-electron chi connectivity index (χ4n) is 4.15. The zero-order valence-electron chi connectivity index (χ0n) is 14.1. The van der Waals surface area contributed by atoms with Crippen LogP contribution in [0.15, 0.2) is 11.1 Å². The predicted octanol–water partition coefficient (Wildman–Crippen LogP) is 4.40. The molecule has 1 saturated heterocycles. The summed E-state index contributed by atoms with van der Waals surface area (Å²) in [6.45, 7) is 10.2. The van der Waals surface area contributed by atoms with Crippen molar-refractivity contribution in [1.29, 1.82) is 0 Å². The number of hydrogen-bond donors (Lipinski definition) is 1. The van der Waals surface area contributed by atoms with Crippen molar-refractivity contribution >= 4 is 11.6 Å². The highest BCUT2D eigenvalue weighted by Crippen LogP contribution is 2.31. The van der Waals surface area contributed by atoms with Crippen LogP contribution in [0.4, 0.5) is 0 Å². The van der Waals surface area contributed by atoms with Crippen LogP contribution in [0.1, 0.15) is 59.3 Å². The Morgan fingerprint density at radius 3 is 2.62 bits per heavy atom. The summed E-state index contributed by atoms with van der Waals surface area (Å²) in [6, 6.07) is 1.35. The van der Waals surface area contributed by atoms with Gasteiger partial charge in [-0.2, -0.15) is 0 Å². The largest absolute Gasteiger partial charge is 0.311 e. The summed E-state index contributed by atoms with van der Waals surface area (Å²) in [5.74, 6) is 1.65. The van der Waals surface area contributed by atoms with Crippen LogP contribution in [0.25, 0.3) is 0 Å². The van der Waals surface area contributed by atoms with Crippen molar-refractivity contribution < 1.29 is 0 Å². The molecule has 1 saturated carbocycles. The molecule has 2 rings (SSSR count). The second-order valence-corrected chi connectivity index (χ2v) is 7.80. The Morgan fingerprint density at radius 2 is 2.00 bits per heavy atom. The van der Waals surface area contributed by atoms with Crippen LogP contribution < -0.4 is 5.32 Å². The van der Waals surface area contributed by atoms with E-state index in [0.29, 0.717) is 12.1 Å². The fraction of sp³-hybridized carbons (Fsp3) is 0.889. The number of hydrogen-bond acceptors (Lipinski definition) is 2. The molecule has 0 aromatic heterocycles. The number of halogens is 1. The number of nitrogens with zero attached hydrogens (tertiary/aromatic N) is 1. The second kappa shape index (κ2) is 8.55. The predicted molar refractivity (Wildman–Crippen MR) is 92.8 cm³/mol. The molecule has 0 spiro atoms. The van der Waals surface area contributed by atoms with E-state index < -0.39 is 0 Å². The standard InChI is InChI=1S/C18H33ClN2/c1-14(2)9-17-13-21(12-15(3)10-19)18(11-20-17)16-7-5-4-6-8-16/h10,14,16-18,20H,4-9,11-13H2,1-3H3. The quantitative estimate of drug-likeness (QED) is 0.809. The molecule has 1 N–H and O–H groups in total. The third-order valence-corrected chi connectivity index (χ3v) is 5.50. The molecule has 21 heavy (non-hydrogen) atoms. The highest BCUT2D eigenvalue weighted by atomic mass is 35.5. The maximum Gasteiger partial charge on any atom is 0.0253 e. The summed E-state index contributed by atoms with van der Waals surface area (Å²) in [5, 5.41) is 3.82. The normalized spacial score (nSPS) is 30.0. The van der Waals surface area contributed by atoms with Crippen molar-refractivity contribution in [2.75, 3.05) is 19.6 Å². The first-order valence-electron chi connectivity index (χ1n) is 8.83. The van der Waals surface area contributed by atoms with E-state index in [1.165, 1.54) is 50.6 Å². The molecule has 2 nitrogen and oxygen atoms in total. The molecular weight excluding hydrogens is 280 g/mol. The van der Waals surface area contributed by atoms with Gasteiger partial charge < -0.3 is 5.32 Å². The van der Waals surface area contributed by atoms with Gasteiger partial charge in [0.05, 0.1) is 0 Å². The molecule has 0 bridgehead atoms. The third-order valence-electron chi connectivity index (χ3n) is 5.13. The van der Waals surface area contributed by atoms with Gasteiger partial charge in [0.2, 0.25) is 0 Å². The summed E-state index contributed by atoms with van der Waals surface area (Å²) >= 11 is 5.92. The van der Waals surface area contributed by atoms with Crippen molar-refractivity contribution in [3.8, 4) is 0 Å². The summed E-state index contributed by atoms with van der Waals surface area (Å²) < 4.78 is 0. The van der Waals surface area contributed by atoms with E-state index in [1.807, 2.05) is 0 Å². The van der Waals surface area contributed by atoms with Gasteiger partial charge >= 0.3 is 0 Å². The average molecular weight is 313 g/mol. The summed E-state index contributed by atoms with van der Waals surface area (Å²) in [6.07, 6.45) is 8.40. The van der Waals surface area contributed by atoms with Gasteiger partial charge in [0.1, 0.15) is 0 Å². The van der Waals surface area contributed by atoms with E-state index in [9.17, 15) is 0 Å². The Hall–Kier alpha value is -0.0500. The molecule has 0 radical (unpaired) electrons. The first kappa shape index (κ1) is 17.3. The molecule has 122 valence electrons. The molecule has 1 aliphatic carbocycles. The van der Waals surface area contributed by atoms with E-state index in [-0.39, 0.29) is 0 Å². The molecule has 2 fully saturated rings. The lowest BCUT2D eigenvalue weighted by Gasteiger charge is -2.45. The van der Waals surface area contributed by atoms with Crippen LogP contribution in [0, 0.1) is 11.8 Å². The minimum absolute atomic E-state index is 0.646. The maximum atomic E-state index is 5.92. The van der Waals surface area contributed by atoms with Crippen molar-refractivity contribution in [2.24, 2.45) is 11.8 Å². The van der Waals surface area contributed by atoms with Gasteiger partial charge in [-0.1, -0.05) is 44.7 Å². The summed E-state index contributed by atoms with van der Waals surface area (Å²) in [7, 11) is 0. The summed E-state index contributed by atoms with van der Waals surface area (Å²) in [4.78, 5) is 2.72. The van der Waals surface area contributed by atoms with Gasteiger partial charge in [-0.05, 0) is 43.6 Å². The van der Waals surface area contributed by atoms with Crippen LogP contribution in [0.5, 0.6) is 0 Å². The van der Waals surface area contributed by atoms with E-state index in [2.05, 4.69) is 31.0 Å². The lowest BCUT2D eigenvalue weighted by Crippen LogP contribution is -2.59. The highest BCUT2D eigenvalue weighted by Gasteiger charge is 2.33. The summed E-state index contributed by atoms with van der Waals surface area (Å²) in [5.41, 5.74) is 3.06. The first-order chi connectivity index (χ1) is 10.1. The van der Waals surface area contributed by atoms with Gasteiger partial charge in [0, 0.05) is 37.3 Å². The monoisotopic (exact) mass is 312 g/mol. The smallest absolute Gasteiger partial charge is 0.0253 e. The lowest BCUT2D eigenvalue weighted by atomic mass is 9.81. The van der Waals surface area contributed by atoms with Crippen LogP contribution in [0.3, 0.4) is 0 Å². The van der Waals surface area contributed by atoms with Crippen LogP contribution in [0.2, 0.25) is 0 Å². The molecule has 2 unspecified atom stereocenters. The number of piperazine rings is 1. The number of rotatable bonds is 5. The SMILES string of the molecule is CC(=CCl)CN1CC(CC(C)C)NCC1C1CCCCC1. The zero-order valence-corrected chi connectivity index (χ0v) is 14.8. The van der Waals surface area contributed by atoms with E-state index in [1.54, 1.807) is 5.54 Å². The molecule has 1 aliphatic heterocycles. The Bertz CT molecular complexity index is 334. The molecule has 0 aromatic rings. The topological polar surface area (TPSA) is 15.3 Å². The third kappa shape index (κ3) is 5.26. The van der Waals surface area contributed by atoms with Crippen LogP contribution in [-0.2, 0) is 0 Å². The van der Waals surface area contributed by atoms with Gasteiger partial charge in [-0.15, -0.1) is 0 Å². The van der Waals surface area contributed by atoms with Gasteiger partial charge in [-0.25, -0.2) is 0 Å². The fourth-order valence-corrected chi connectivity index (χ4v) is 4.22. The van der Waals surface area contributed by atoms with Crippen molar-refractivity contribution in [3.05, 3.63) is 11.1 Å². The number of nitrogens with one attached hydrogen (secondary N) is 1. The Morgan fingerprint density at radius 1 is 1.29 bits per heavy atom. The maximum absolute atomic E-state index is 5.92. The van der Waals surface area contributed by atoms with E-state index >= 15 is 0 Å². The minimum atomic E-state index is 0.646. The molecule has 2 aliphatic rings. The highest BCUT2D eigenvalue weighted by molar-refractivity contribution is 6.25. The van der Waals surface area contributed by atoms with Crippen molar-refractivity contribution in [1.82, 2.24) is 10.2 Å². The lowest BCUT2D eigenvalue weighted by molar-refractivity contribution is 0.0753. The van der Waals surface area contributed by atoms with Crippen LogP contribution >= 0.6 is 11.6 Å². The molecular formula is C18H33ClN2. The van der Waals surface area contributed by atoms with E-state index in [0.717, 1.165) is 24.9 Å². The van der Waals surface area contributed by atoms with Gasteiger partial charge in [-0.3, -0.25) is 4.90 Å². The van der Waals surface area contributed by atoms with Gasteiger partial charge in [0.15, 0.2) is 0 Å². The van der Waals surface area contributed by atoms with Crippen molar-refractivity contribution in [3.63, 3.8) is 0 Å². The van der Waals surface area contributed by atoms with E-state index in [4.69, 9.17) is 11.6 Å². The average Bonchev–Trinajstić information content (AvgIpc) is 2.47. The Kier molecular flexibility index (Phi) is 7.04. The Labute approximate surface area is 136 Å². The molecule has 0 amide bonds. The molecule has 0 aromatic carbocycles. The van der Waals surface area contributed by atoms with Crippen molar-refractivity contribution in [2.45, 2.75) is 71.4 Å². The van der Waals surface area contributed by atoms with Crippen LogP contribution in [-0.4, -0.2) is 36.6 Å². The molecule has 1 heterocycles. The second-order valence-electron chi connectivity index (χ2n) is 7.59. The van der Waals surface area contributed by atoms with Gasteiger partial charge in [0.25, 0.3) is 0 Å².